The number of nitrogens with zero attached hydrogens (tertiary/aromatic N) is 1. The van der Waals surface area contributed by atoms with Gasteiger partial charge in [-0.3, -0.25) is 19.3 Å². The number of thioether (sulfide) groups is 2. The van der Waals surface area contributed by atoms with Crippen molar-refractivity contribution in [3.8, 4) is 0 Å². The molecule has 2 aliphatic rings. The lowest BCUT2D eigenvalue weighted by atomic mass is 10.2. The van der Waals surface area contributed by atoms with Crippen molar-refractivity contribution in [1.29, 1.82) is 0 Å². The minimum Gasteiger partial charge on any atom is -0.390 e. The molecule has 0 unspecified atom stereocenters. The number of aliphatic hydroxyl groups excluding tert-OH is 1. The number of nitrogens with one attached hydrogen (secondary N) is 1. The number of carbonyl (C=O) groups excluding carboxylic acids is 3. The van der Waals surface area contributed by atoms with E-state index in [1.165, 1.54) is 11.3 Å². The number of hydrogen-bond acceptors (Lipinski definition) is 7. The van der Waals surface area contributed by atoms with Gasteiger partial charge in [-0.25, -0.2) is 0 Å². The molecule has 3 rings (SSSR count). The van der Waals surface area contributed by atoms with Crippen molar-refractivity contribution in [2.24, 2.45) is 0 Å². The molecule has 2 aliphatic heterocycles. The van der Waals surface area contributed by atoms with Gasteiger partial charge in [0.1, 0.15) is 6.54 Å². The van der Waals surface area contributed by atoms with E-state index in [1.807, 2.05) is 17.5 Å². The summed E-state index contributed by atoms with van der Waals surface area (Å²) in [6.45, 7) is -0.319. The zero-order valence-corrected chi connectivity index (χ0v) is 14.4. The van der Waals surface area contributed by atoms with Crippen molar-refractivity contribution in [2.75, 3.05) is 18.1 Å². The largest absolute Gasteiger partial charge is 0.390 e. The van der Waals surface area contributed by atoms with Crippen LogP contribution in [0.1, 0.15) is 4.88 Å². The molecule has 1 aromatic heterocycles. The van der Waals surface area contributed by atoms with Crippen molar-refractivity contribution in [2.45, 2.75) is 12.1 Å². The topological polar surface area (TPSA) is 86.7 Å². The van der Waals surface area contributed by atoms with Crippen LogP contribution in [0, 0.1) is 0 Å². The summed E-state index contributed by atoms with van der Waals surface area (Å²) in [5, 5.41) is 13.8. The molecule has 6 nitrogen and oxygen atoms in total. The Morgan fingerprint density at radius 2 is 2.26 bits per heavy atom. The highest BCUT2D eigenvalue weighted by molar-refractivity contribution is 8.18. The molecule has 0 bridgehead atoms. The lowest BCUT2D eigenvalue weighted by molar-refractivity contribution is -0.129. The van der Waals surface area contributed by atoms with E-state index in [-0.39, 0.29) is 12.6 Å². The van der Waals surface area contributed by atoms with Crippen molar-refractivity contribution in [3.05, 3.63) is 27.3 Å². The average Bonchev–Trinajstić information content (AvgIpc) is 3.20. The monoisotopic (exact) mass is 370 g/mol. The number of imide groups is 1. The van der Waals surface area contributed by atoms with E-state index in [0.717, 1.165) is 21.5 Å². The first kappa shape index (κ1) is 16.6. The maximum absolute atomic E-state index is 12.3. The van der Waals surface area contributed by atoms with Crippen LogP contribution in [0.2, 0.25) is 0 Å². The summed E-state index contributed by atoms with van der Waals surface area (Å²) in [4.78, 5) is 38.4. The Bertz CT molecular complexity index is 659. The molecular weight excluding hydrogens is 356 g/mol. The van der Waals surface area contributed by atoms with Gasteiger partial charge in [-0.1, -0.05) is 6.07 Å². The highest BCUT2D eigenvalue weighted by Crippen LogP contribution is 2.32. The normalized spacial score (nSPS) is 26.3. The Labute approximate surface area is 145 Å². The van der Waals surface area contributed by atoms with E-state index in [2.05, 4.69) is 5.32 Å². The van der Waals surface area contributed by atoms with Crippen LogP contribution in [0.4, 0.5) is 4.79 Å². The van der Waals surface area contributed by atoms with Crippen LogP contribution in [0.25, 0.3) is 6.08 Å². The number of thiophene rings is 1. The molecule has 3 heterocycles. The molecule has 2 saturated heterocycles. The van der Waals surface area contributed by atoms with Gasteiger partial charge in [-0.15, -0.1) is 11.3 Å². The highest BCUT2D eigenvalue weighted by atomic mass is 32.2. The second-order valence-electron chi connectivity index (χ2n) is 5.06. The Hall–Kier alpha value is -1.29. The van der Waals surface area contributed by atoms with Crippen LogP contribution in [-0.2, 0) is 9.59 Å². The van der Waals surface area contributed by atoms with Gasteiger partial charge in [0.2, 0.25) is 5.91 Å². The first-order valence-electron chi connectivity index (χ1n) is 6.88. The van der Waals surface area contributed by atoms with Crippen LogP contribution in [0.5, 0.6) is 0 Å². The van der Waals surface area contributed by atoms with Gasteiger partial charge in [-0.05, 0) is 29.3 Å². The molecule has 122 valence electrons. The zero-order valence-electron chi connectivity index (χ0n) is 11.9. The van der Waals surface area contributed by atoms with E-state index in [1.54, 1.807) is 17.8 Å². The first-order chi connectivity index (χ1) is 11.0. The van der Waals surface area contributed by atoms with Crippen molar-refractivity contribution in [1.82, 2.24) is 10.2 Å². The van der Waals surface area contributed by atoms with Crippen molar-refractivity contribution >= 4 is 58.0 Å². The van der Waals surface area contributed by atoms with E-state index in [9.17, 15) is 19.5 Å². The standard InChI is InChI=1S/C14H14N2O4S3/c17-10-7-21-6-9(10)15-12(18)5-16-13(19)11(23-14(16)20)4-8-2-1-3-22-8/h1-4,9-10,17H,5-7H2,(H,15,18)/b11-4-/t9-,10+/m0/s1. The predicted octanol–water partition coefficient (Wildman–Crippen LogP) is 1.38. The minimum atomic E-state index is -0.586. The summed E-state index contributed by atoms with van der Waals surface area (Å²) >= 11 is 3.86. The Kier molecular flexibility index (Phi) is 5.10. The maximum atomic E-state index is 12.3. The van der Waals surface area contributed by atoms with Crippen LogP contribution in [-0.4, -0.2) is 57.3 Å². The third-order valence-corrected chi connectivity index (χ3v) is 6.29. The van der Waals surface area contributed by atoms with E-state index in [4.69, 9.17) is 0 Å². The lowest BCUT2D eigenvalue weighted by Crippen LogP contribution is -2.47. The van der Waals surface area contributed by atoms with Gasteiger partial charge in [0, 0.05) is 16.4 Å². The molecule has 2 fully saturated rings. The summed E-state index contributed by atoms with van der Waals surface area (Å²) in [6.07, 6.45) is 1.07. The fourth-order valence-electron chi connectivity index (χ4n) is 2.22. The summed E-state index contributed by atoms with van der Waals surface area (Å²) < 4.78 is 0. The third-order valence-electron chi connectivity index (χ3n) is 3.39. The first-order valence-corrected chi connectivity index (χ1v) is 9.74. The molecule has 0 aromatic carbocycles. The summed E-state index contributed by atoms with van der Waals surface area (Å²) in [6, 6.07) is 3.39. The van der Waals surface area contributed by atoms with E-state index < -0.39 is 23.2 Å². The van der Waals surface area contributed by atoms with Crippen LogP contribution in [0.15, 0.2) is 22.4 Å². The van der Waals surface area contributed by atoms with Crippen LogP contribution in [0.3, 0.4) is 0 Å². The molecule has 0 aliphatic carbocycles. The Morgan fingerprint density at radius 1 is 1.43 bits per heavy atom. The number of hydrogen-bond donors (Lipinski definition) is 2. The predicted molar refractivity (Wildman–Crippen MR) is 92.3 cm³/mol. The molecular formula is C14H14N2O4S3. The molecule has 23 heavy (non-hydrogen) atoms. The second kappa shape index (κ2) is 7.08. The molecule has 9 heteroatoms. The van der Waals surface area contributed by atoms with Gasteiger partial charge in [0.25, 0.3) is 11.1 Å². The van der Waals surface area contributed by atoms with Crippen molar-refractivity contribution in [3.63, 3.8) is 0 Å². The van der Waals surface area contributed by atoms with Crippen molar-refractivity contribution < 1.29 is 19.5 Å². The van der Waals surface area contributed by atoms with Gasteiger partial charge < -0.3 is 10.4 Å². The fourth-order valence-corrected chi connectivity index (χ4v) is 4.95. The van der Waals surface area contributed by atoms with Crippen LogP contribution >= 0.6 is 34.9 Å². The van der Waals surface area contributed by atoms with Crippen LogP contribution < -0.4 is 5.32 Å². The molecule has 2 N–H and O–H groups in total. The molecule has 0 radical (unpaired) electrons. The van der Waals surface area contributed by atoms with E-state index >= 15 is 0 Å². The smallest absolute Gasteiger partial charge is 0.294 e. The molecule has 0 saturated carbocycles. The Morgan fingerprint density at radius 3 is 2.91 bits per heavy atom. The Balaban J connectivity index is 1.62. The lowest BCUT2D eigenvalue weighted by Gasteiger charge is -2.18. The second-order valence-corrected chi connectivity index (χ2v) is 8.11. The number of carbonyl (C=O) groups is 3. The molecule has 3 amide bonds. The molecule has 2 atom stereocenters. The fraction of sp³-hybridized carbons (Fsp3) is 0.357. The van der Waals surface area contributed by atoms with Gasteiger partial charge in [0.05, 0.1) is 17.1 Å². The summed E-state index contributed by atoms with van der Waals surface area (Å²) in [5.41, 5.74) is 0. The zero-order chi connectivity index (χ0) is 16.4. The quantitative estimate of drug-likeness (QED) is 0.779. The van der Waals surface area contributed by atoms with E-state index in [0.29, 0.717) is 16.4 Å². The van der Waals surface area contributed by atoms with Gasteiger partial charge in [-0.2, -0.15) is 11.8 Å². The number of amides is 3. The maximum Gasteiger partial charge on any atom is 0.294 e. The number of rotatable bonds is 4. The number of aliphatic hydroxyl groups is 1. The molecule has 1 aromatic rings. The third kappa shape index (κ3) is 3.79. The summed E-state index contributed by atoms with van der Waals surface area (Å²) in [7, 11) is 0. The summed E-state index contributed by atoms with van der Waals surface area (Å²) in [5.74, 6) is 0.324. The molecule has 0 spiro atoms. The van der Waals surface area contributed by atoms with Gasteiger partial charge in [0.15, 0.2) is 0 Å². The SMILES string of the molecule is O=C(CN1C(=O)S/C(=C\c2cccs2)C1=O)N[C@H]1CSC[C@H]1O. The average molecular weight is 370 g/mol. The highest BCUT2D eigenvalue weighted by Gasteiger charge is 2.37. The van der Waals surface area contributed by atoms with Gasteiger partial charge >= 0.3 is 0 Å². The minimum absolute atomic E-state index is 0.319.